The van der Waals surface area contributed by atoms with Crippen molar-refractivity contribution in [3.63, 3.8) is 0 Å². The molecule has 192 valence electrons. The fourth-order valence-corrected chi connectivity index (χ4v) is 4.76. The molecule has 0 aliphatic carbocycles. The molecule has 1 aromatic heterocycles. The van der Waals surface area contributed by atoms with Crippen molar-refractivity contribution in [3.05, 3.63) is 12.4 Å². The van der Waals surface area contributed by atoms with Gasteiger partial charge in [-0.3, -0.25) is 4.90 Å². The van der Waals surface area contributed by atoms with E-state index in [9.17, 15) is 26.4 Å². The van der Waals surface area contributed by atoms with Gasteiger partial charge in [0.1, 0.15) is 17.7 Å². The second-order valence-electron chi connectivity index (χ2n) is 9.51. The first-order valence-electron chi connectivity index (χ1n) is 10.9. The summed E-state index contributed by atoms with van der Waals surface area (Å²) in [5.41, 5.74) is -0.689. The molecule has 2 aliphatic rings. The van der Waals surface area contributed by atoms with Crippen LogP contribution in [-0.4, -0.2) is 90.7 Å². The van der Waals surface area contributed by atoms with Gasteiger partial charge in [-0.2, -0.15) is 13.2 Å². The van der Waals surface area contributed by atoms with Gasteiger partial charge < -0.3 is 14.4 Å². The van der Waals surface area contributed by atoms with Crippen LogP contribution in [0.1, 0.15) is 33.6 Å². The quantitative estimate of drug-likeness (QED) is 0.539. The number of rotatable bonds is 6. The van der Waals surface area contributed by atoms with Gasteiger partial charge in [-0.25, -0.2) is 27.5 Å². The maximum atomic E-state index is 14.0. The van der Waals surface area contributed by atoms with E-state index in [1.165, 1.54) is 9.21 Å². The number of carbonyl (C=O) groups is 1. The number of likely N-dealkylation sites (tertiary alicyclic amines) is 1. The van der Waals surface area contributed by atoms with E-state index in [4.69, 9.17) is 9.47 Å². The number of nitrogens with zero attached hydrogens (tertiary/aromatic N) is 5. The average Bonchev–Trinajstić information content (AvgIpc) is 2.64. The molecule has 1 amide bonds. The molecule has 2 aliphatic heterocycles. The third-order valence-electron chi connectivity index (χ3n) is 5.49. The first-order chi connectivity index (χ1) is 15.6. The highest BCUT2D eigenvalue weighted by molar-refractivity contribution is 7.88. The molecule has 10 nitrogen and oxygen atoms in total. The number of anilines is 1. The molecule has 0 unspecified atom stereocenters. The van der Waals surface area contributed by atoms with E-state index in [-0.39, 0.29) is 55.1 Å². The molecule has 0 N–H and O–H groups in total. The lowest BCUT2D eigenvalue weighted by Gasteiger charge is -2.39. The molecule has 14 heteroatoms. The predicted molar refractivity (Wildman–Crippen MR) is 117 cm³/mol. The Bertz CT molecular complexity index is 972. The standard InChI is InChI=1S/C20H30F3N5O5S/c1-19(2,3)33-18(29)26-7-5-15(6-8-26)28(20(21,22)23)16-9-17(25-13-24-16)32-12-14-10-27(11-14)34(4,30)31/h9,13-15H,5-8,10-12H2,1-4H3. The van der Waals surface area contributed by atoms with Gasteiger partial charge in [0.2, 0.25) is 15.9 Å². The largest absolute Gasteiger partial charge is 0.486 e. The minimum atomic E-state index is -4.70. The van der Waals surface area contributed by atoms with E-state index in [1.807, 2.05) is 0 Å². The second-order valence-corrected chi connectivity index (χ2v) is 11.5. The Balaban J connectivity index is 1.62. The van der Waals surface area contributed by atoms with Gasteiger partial charge in [0.05, 0.1) is 12.9 Å². The van der Waals surface area contributed by atoms with Gasteiger partial charge in [0.15, 0.2) is 0 Å². The molecule has 2 saturated heterocycles. The van der Waals surface area contributed by atoms with Crippen LogP contribution < -0.4 is 9.64 Å². The second kappa shape index (κ2) is 9.72. The smallest absolute Gasteiger partial charge is 0.477 e. The molecule has 2 fully saturated rings. The normalized spacial score (nSPS) is 19.0. The molecule has 0 aromatic carbocycles. The maximum Gasteiger partial charge on any atom is 0.486 e. The number of hydrogen-bond acceptors (Lipinski definition) is 8. The van der Waals surface area contributed by atoms with Crippen molar-refractivity contribution in [2.24, 2.45) is 5.92 Å². The molecule has 0 bridgehead atoms. The topological polar surface area (TPSA) is 105 Å². The minimum absolute atomic E-state index is 0.0248. The average molecular weight is 510 g/mol. The van der Waals surface area contributed by atoms with Gasteiger partial charge in [0.25, 0.3) is 0 Å². The Labute approximate surface area is 197 Å². The zero-order valence-corrected chi connectivity index (χ0v) is 20.4. The van der Waals surface area contributed by atoms with E-state index < -0.39 is 34.1 Å². The van der Waals surface area contributed by atoms with Crippen molar-refractivity contribution in [2.75, 3.05) is 43.9 Å². The number of amides is 1. The molecular formula is C20H30F3N5O5S. The number of halogens is 3. The maximum absolute atomic E-state index is 14.0. The summed E-state index contributed by atoms with van der Waals surface area (Å²) in [5, 5.41) is 0. The number of ether oxygens (including phenoxy) is 2. The number of carbonyl (C=O) groups excluding carboxylic acids is 1. The Morgan fingerprint density at radius 1 is 1.18 bits per heavy atom. The number of alkyl halides is 3. The fraction of sp³-hybridized carbons (Fsp3) is 0.750. The zero-order chi connectivity index (χ0) is 25.3. The van der Waals surface area contributed by atoms with Gasteiger partial charge >= 0.3 is 12.4 Å². The Morgan fingerprint density at radius 2 is 1.79 bits per heavy atom. The van der Waals surface area contributed by atoms with E-state index in [0.29, 0.717) is 13.1 Å². The SMILES string of the molecule is CC(C)(C)OC(=O)N1CCC(N(c2cc(OCC3CN(S(C)(=O)=O)C3)ncn2)C(F)(F)F)CC1. The highest BCUT2D eigenvalue weighted by atomic mass is 32.2. The first-order valence-corrected chi connectivity index (χ1v) is 12.7. The van der Waals surface area contributed by atoms with Crippen molar-refractivity contribution in [3.8, 4) is 5.88 Å². The Hall–Kier alpha value is -2.35. The summed E-state index contributed by atoms with van der Waals surface area (Å²) in [6.07, 6.45) is -2.96. The van der Waals surface area contributed by atoms with Crippen molar-refractivity contribution in [2.45, 2.75) is 51.6 Å². The molecule has 3 heterocycles. The van der Waals surface area contributed by atoms with E-state index >= 15 is 0 Å². The van der Waals surface area contributed by atoms with Crippen LogP contribution in [0.4, 0.5) is 23.8 Å². The van der Waals surface area contributed by atoms with Crippen LogP contribution in [-0.2, 0) is 14.8 Å². The van der Waals surface area contributed by atoms with Crippen LogP contribution in [0, 0.1) is 5.92 Å². The van der Waals surface area contributed by atoms with Crippen LogP contribution in [0.15, 0.2) is 12.4 Å². The molecule has 0 atom stereocenters. The Morgan fingerprint density at radius 3 is 2.32 bits per heavy atom. The summed E-state index contributed by atoms with van der Waals surface area (Å²) < 4.78 is 77.0. The van der Waals surface area contributed by atoms with Gasteiger partial charge in [-0.05, 0) is 33.6 Å². The molecule has 0 spiro atoms. The fourth-order valence-electron chi connectivity index (χ4n) is 3.80. The molecular weight excluding hydrogens is 479 g/mol. The third-order valence-corrected chi connectivity index (χ3v) is 6.72. The third kappa shape index (κ3) is 6.84. The number of piperidine rings is 1. The van der Waals surface area contributed by atoms with Crippen molar-refractivity contribution in [1.29, 1.82) is 0 Å². The number of aromatic nitrogens is 2. The van der Waals surface area contributed by atoms with E-state index in [1.54, 1.807) is 20.8 Å². The molecule has 1 aromatic rings. The summed E-state index contributed by atoms with van der Waals surface area (Å²) >= 11 is 0. The summed E-state index contributed by atoms with van der Waals surface area (Å²) in [5.74, 6) is -0.438. The van der Waals surface area contributed by atoms with Gasteiger partial charge in [-0.15, -0.1) is 0 Å². The molecule has 0 radical (unpaired) electrons. The molecule has 0 saturated carbocycles. The van der Waals surface area contributed by atoms with Crippen LogP contribution in [0.2, 0.25) is 0 Å². The van der Waals surface area contributed by atoms with Crippen LogP contribution in [0.3, 0.4) is 0 Å². The van der Waals surface area contributed by atoms with Crippen molar-refractivity contribution < 1.29 is 35.9 Å². The van der Waals surface area contributed by atoms with Crippen molar-refractivity contribution in [1.82, 2.24) is 19.2 Å². The molecule has 34 heavy (non-hydrogen) atoms. The monoisotopic (exact) mass is 509 g/mol. The van der Waals surface area contributed by atoms with E-state index in [0.717, 1.165) is 18.6 Å². The molecule has 3 rings (SSSR count). The highest BCUT2D eigenvalue weighted by Gasteiger charge is 2.44. The zero-order valence-electron chi connectivity index (χ0n) is 19.6. The van der Waals surface area contributed by atoms with Crippen LogP contribution >= 0.6 is 0 Å². The number of sulfonamides is 1. The summed E-state index contributed by atoms with van der Waals surface area (Å²) in [4.78, 5) is 21.6. The lowest BCUT2D eigenvalue weighted by atomic mass is 10.0. The van der Waals surface area contributed by atoms with E-state index in [2.05, 4.69) is 9.97 Å². The summed E-state index contributed by atoms with van der Waals surface area (Å²) in [6, 6.07) is 0.206. The highest BCUT2D eigenvalue weighted by Crippen LogP contribution is 2.34. The van der Waals surface area contributed by atoms with Gasteiger partial charge in [0, 0.05) is 44.2 Å². The van der Waals surface area contributed by atoms with Crippen molar-refractivity contribution >= 4 is 21.9 Å². The predicted octanol–water partition coefficient (Wildman–Crippen LogP) is 2.47. The van der Waals surface area contributed by atoms with Crippen LogP contribution in [0.5, 0.6) is 5.88 Å². The van der Waals surface area contributed by atoms with Crippen LogP contribution in [0.25, 0.3) is 0 Å². The lowest BCUT2D eigenvalue weighted by Crippen LogP contribution is -2.52. The Kier molecular flexibility index (Phi) is 7.51. The van der Waals surface area contributed by atoms with Gasteiger partial charge in [-0.1, -0.05) is 0 Å². The summed E-state index contributed by atoms with van der Waals surface area (Å²) in [6.45, 7) is 6.14. The first kappa shape index (κ1) is 26.3. The lowest BCUT2D eigenvalue weighted by molar-refractivity contribution is -0.137. The summed E-state index contributed by atoms with van der Waals surface area (Å²) in [7, 11) is -3.26. The number of hydrogen-bond donors (Lipinski definition) is 0. The minimum Gasteiger partial charge on any atom is -0.477 e.